The fourth-order valence-corrected chi connectivity index (χ4v) is 3.95. The third-order valence-corrected chi connectivity index (χ3v) is 5.37. The van der Waals surface area contributed by atoms with Crippen LogP contribution in [0.15, 0.2) is 41.0 Å². The van der Waals surface area contributed by atoms with Gasteiger partial charge in [0.25, 0.3) is 0 Å². The van der Waals surface area contributed by atoms with E-state index >= 15 is 0 Å². The van der Waals surface area contributed by atoms with E-state index in [2.05, 4.69) is 34.3 Å². The monoisotopic (exact) mass is 351 g/mol. The zero-order chi connectivity index (χ0) is 18.1. The van der Waals surface area contributed by atoms with Crippen molar-refractivity contribution in [3.05, 3.63) is 42.0 Å². The van der Waals surface area contributed by atoms with Crippen molar-refractivity contribution >= 4 is 16.7 Å². The molecule has 1 aliphatic rings. The number of rotatable bonds is 5. The second-order valence-corrected chi connectivity index (χ2v) is 7.32. The molecule has 3 aromatic rings. The Morgan fingerprint density at radius 3 is 2.92 bits per heavy atom. The lowest BCUT2D eigenvalue weighted by Crippen LogP contribution is -2.20. The van der Waals surface area contributed by atoms with Crippen LogP contribution in [0.2, 0.25) is 0 Å². The maximum absolute atomic E-state index is 9.90. The molecule has 0 spiro atoms. The zero-order valence-electron chi connectivity index (χ0n) is 15.4. The predicted molar refractivity (Wildman–Crippen MR) is 103 cm³/mol. The molecule has 5 nitrogen and oxygen atoms in total. The van der Waals surface area contributed by atoms with Crippen LogP contribution in [0, 0.1) is 5.92 Å². The molecule has 2 atom stereocenters. The number of hydrogen-bond donors (Lipinski definition) is 1. The molecule has 0 aliphatic carbocycles. The second-order valence-electron chi connectivity index (χ2n) is 7.32. The largest absolute Gasteiger partial charge is 0.389 e. The number of hydrogen-bond acceptors (Lipinski definition) is 5. The first kappa shape index (κ1) is 17.0. The Hall–Kier alpha value is -2.40. The third kappa shape index (κ3) is 3.19. The molecule has 4 rings (SSSR count). The number of aromatic nitrogens is 2. The number of nitrogens with zero attached hydrogens (tertiary/aromatic N) is 3. The van der Waals surface area contributed by atoms with Crippen LogP contribution < -0.4 is 4.90 Å². The normalized spacial score (nSPS) is 18.6. The van der Waals surface area contributed by atoms with E-state index < -0.39 is 6.10 Å². The van der Waals surface area contributed by atoms with E-state index in [0.29, 0.717) is 0 Å². The third-order valence-electron chi connectivity index (χ3n) is 5.37. The maximum atomic E-state index is 9.90. The fourth-order valence-electron chi connectivity index (χ4n) is 3.95. The van der Waals surface area contributed by atoms with Crippen LogP contribution in [0.1, 0.15) is 44.8 Å². The van der Waals surface area contributed by atoms with Crippen LogP contribution >= 0.6 is 0 Å². The molecule has 2 heterocycles. The Kier molecular flexibility index (Phi) is 4.64. The minimum atomic E-state index is -0.486. The molecular weight excluding hydrogens is 326 g/mol. The van der Waals surface area contributed by atoms with Crippen LogP contribution in [0.5, 0.6) is 0 Å². The molecule has 0 bridgehead atoms. The van der Waals surface area contributed by atoms with Crippen LogP contribution in [0.3, 0.4) is 0 Å². The number of aliphatic hydroxyl groups is 1. The van der Waals surface area contributed by atoms with Gasteiger partial charge in [-0.1, -0.05) is 31.5 Å². The van der Waals surface area contributed by atoms with E-state index in [1.54, 1.807) is 6.92 Å². The van der Waals surface area contributed by atoms with Gasteiger partial charge in [0, 0.05) is 13.1 Å². The lowest BCUT2D eigenvalue weighted by atomic mass is 9.99. The van der Waals surface area contributed by atoms with Gasteiger partial charge in [-0.25, -0.2) is 4.63 Å². The summed E-state index contributed by atoms with van der Waals surface area (Å²) in [5.41, 5.74) is 5.76. The number of benzene rings is 2. The highest BCUT2D eigenvalue weighted by Gasteiger charge is 2.25. The van der Waals surface area contributed by atoms with Crippen molar-refractivity contribution in [3.63, 3.8) is 0 Å². The van der Waals surface area contributed by atoms with Crippen molar-refractivity contribution in [2.24, 2.45) is 5.92 Å². The molecule has 26 heavy (non-hydrogen) atoms. The van der Waals surface area contributed by atoms with E-state index in [0.717, 1.165) is 52.4 Å². The maximum Gasteiger partial charge on any atom is 0.158 e. The summed E-state index contributed by atoms with van der Waals surface area (Å²) >= 11 is 0. The van der Waals surface area contributed by atoms with Gasteiger partial charge in [-0.2, -0.15) is 0 Å². The van der Waals surface area contributed by atoms with Gasteiger partial charge >= 0.3 is 0 Å². The van der Waals surface area contributed by atoms with E-state index in [1.807, 2.05) is 24.3 Å². The Morgan fingerprint density at radius 2 is 2.12 bits per heavy atom. The van der Waals surface area contributed by atoms with Crippen LogP contribution in [0.4, 0.5) is 5.69 Å². The summed E-state index contributed by atoms with van der Waals surface area (Å²) in [4.78, 5) is 2.41. The highest BCUT2D eigenvalue weighted by molar-refractivity contribution is 5.92. The first-order valence-corrected chi connectivity index (χ1v) is 9.45. The summed E-state index contributed by atoms with van der Waals surface area (Å²) in [7, 11) is 0. The van der Waals surface area contributed by atoms with Gasteiger partial charge in [0.05, 0.1) is 11.8 Å². The van der Waals surface area contributed by atoms with Crippen molar-refractivity contribution in [3.8, 4) is 11.1 Å². The minimum Gasteiger partial charge on any atom is -0.389 e. The Morgan fingerprint density at radius 1 is 1.23 bits per heavy atom. The molecule has 0 radical (unpaired) electrons. The second kappa shape index (κ2) is 7.08. The molecule has 1 aliphatic heterocycles. The first-order valence-electron chi connectivity index (χ1n) is 9.45. The smallest absolute Gasteiger partial charge is 0.158 e. The molecule has 1 aromatic heterocycles. The number of aliphatic hydroxyl groups excluding tert-OH is 1. The Labute approximate surface area is 153 Å². The summed E-state index contributed by atoms with van der Waals surface area (Å²) in [5.74, 6) is 0.747. The Bertz CT molecular complexity index is 903. The summed E-state index contributed by atoms with van der Waals surface area (Å²) < 4.78 is 5.03. The van der Waals surface area contributed by atoms with E-state index in [4.69, 9.17) is 4.63 Å². The lowest BCUT2D eigenvalue weighted by Gasteiger charge is -2.20. The summed E-state index contributed by atoms with van der Waals surface area (Å²) in [6, 6.07) is 12.2. The van der Waals surface area contributed by atoms with Gasteiger partial charge in [-0.3, -0.25) is 0 Å². The molecule has 1 saturated heterocycles. The van der Waals surface area contributed by atoms with Gasteiger partial charge in [0.15, 0.2) is 5.52 Å². The fraction of sp³-hybridized carbons (Fsp3) is 0.429. The molecule has 2 unspecified atom stereocenters. The van der Waals surface area contributed by atoms with Gasteiger partial charge in [-0.05, 0) is 70.9 Å². The molecule has 2 aromatic carbocycles. The average molecular weight is 351 g/mol. The first-order chi connectivity index (χ1) is 12.7. The van der Waals surface area contributed by atoms with Crippen molar-refractivity contribution in [1.82, 2.24) is 10.3 Å². The molecule has 0 saturated carbocycles. The van der Waals surface area contributed by atoms with E-state index in [9.17, 15) is 5.11 Å². The summed E-state index contributed by atoms with van der Waals surface area (Å²) in [6.45, 7) is 6.14. The molecule has 0 amide bonds. The minimum absolute atomic E-state index is 0.486. The SMILES string of the molecule is CCCC1CCN(c2cc(-c3cccc(C(C)O)c3)cc3nonc23)C1. The molecule has 1 N–H and O–H groups in total. The summed E-state index contributed by atoms with van der Waals surface area (Å²) in [6.07, 6.45) is 3.24. The van der Waals surface area contributed by atoms with Gasteiger partial charge < -0.3 is 10.0 Å². The highest BCUT2D eigenvalue weighted by Crippen LogP contribution is 2.35. The highest BCUT2D eigenvalue weighted by atomic mass is 16.6. The topological polar surface area (TPSA) is 62.4 Å². The molecule has 136 valence electrons. The van der Waals surface area contributed by atoms with Gasteiger partial charge in [0.1, 0.15) is 5.52 Å². The van der Waals surface area contributed by atoms with Gasteiger partial charge in [0.2, 0.25) is 0 Å². The average Bonchev–Trinajstić information content (AvgIpc) is 3.30. The van der Waals surface area contributed by atoms with Crippen molar-refractivity contribution in [1.29, 1.82) is 0 Å². The number of fused-ring (bicyclic) bond motifs is 1. The van der Waals surface area contributed by atoms with Crippen molar-refractivity contribution in [2.45, 2.75) is 39.2 Å². The quantitative estimate of drug-likeness (QED) is 0.729. The van der Waals surface area contributed by atoms with E-state index in [1.165, 1.54) is 19.3 Å². The van der Waals surface area contributed by atoms with Crippen LogP contribution in [-0.4, -0.2) is 28.5 Å². The zero-order valence-corrected chi connectivity index (χ0v) is 15.4. The predicted octanol–water partition coefficient (Wildman–Crippen LogP) is 4.57. The Balaban J connectivity index is 1.75. The van der Waals surface area contributed by atoms with Gasteiger partial charge in [-0.15, -0.1) is 0 Å². The van der Waals surface area contributed by atoms with Crippen LogP contribution in [0.25, 0.3) is 22.2 Å². The molecule has 1 fully saturated rings. The number of anilines is 1. The molecule has 5 heteroatoms. The van der Waals surface area contributed by atoms with Crippen molar-refractivity contribution in [2.75, 3.05) is 18.0 Å². The standard InChI is InChI=1S/C21H25N3O2/c1-3-5-15-8-9-24(13-15)20-12-18(11-19-21(20)23-26-22-19)17-7-4-6-16(10-17)14(2)25/h4,6-7,10-12,14-15,25H,3,5,8-9,13H2,1-2H3. The lowest BCUT2D eigenvalue weighted by molar-refractivity contribution is 0.199. The molecular formula is C21H25N3O2. The van der Waals surface area contributed by atoms with Crippen molar-refractivity contribution < 1.29 is 9.74 Å². The summed E-state index contributed by atoms with van der Waals surface area (Å²) in [5, 5.41) is 18.1. The van der Waals surface area contributed by atoms with Crippen LogP contribution in [-0.2, 0) is 0 Å². The van der Waals surface area contributed by atoms with E-state index in [-0.39, 0.29) is 0 Å².